The van der Waals surface area contributed by atoms with Crippen LogP contribution >= 0.6 is 0 Å². The molecule has 0 bridgehead atoms. The van der Waals surface area contributed by atoms with E-state index in [1.165, 1.54) is 24.8 Å². The molecule has 5 nitrogen and oxygen atoms in total. The van der Waals surface area contributed by atoms with Crippen molar-refractivity contribution in [2.45, 2.75) is 58.0 Å². The van der Waals surface area contributed by atoms with Crippen molar-refractivity contribution in [2.75, 3.05) is 26.3 Å². The van der Waals surface area contributed by atoms with E-state index in [2.05, 4.69) is 22.7 Å². The normalized spacial score (nSPS) is 30.6. The molecule has 1 aromatic heterocycles. The number of rotatable bonds is 5. The van der Waals surface area contributed by atoms with Crippen LogP contribution in [0.4, 0.5) is 0 Å². The molecule has 2 heterocycles. The Morgan fingerprint density at radius 1 is 1.36 bits per heavy atom. The minimum Gasteiger partial charge on any atom is -0.379 e. The average Bonchev–Trinajstić information content (AvgIpc) is 3.12. The SMILES string of the molecule is Cc1noc(C)c1C(C)CNC1CCCC1C1COCCN1. The molecule has 3 rings (SSSR count). The molecule has 0 aromatic carbocycles. The van der Waals surface area contributed by atoms with E-state index in [0.717, 1.165) is 37.8 Å². The van der Waals surface area contributed by atoms with E-state index >= 15 is 0 Å². The van der Waals surface area contributed by atoms with Gasteiger partial charge in [-0.1, -0.05) is 18.5 Å². The number of hydrogen-bond donors (Lipinski definition) is 2. The maximum atomic E-state index is 5.65. The molecule has 1 aliphatic heterocycles. The highest BCUT2D eigenvalue weighted by atomic mass is 16.5. The highest BCUT2D eigenvalue weighted by Gasteiger charge is 2.34. The summed E-state index contributed by atoms with van der Waals surface area (Å²) in [5, 5.41) is 11.5. The Bertz CT molecular complexity index is 463. The van der Waals surface area contributed by atoms with E-state index in [-0.39, 0.29) is 0 Å². The Balaban J connectivity index is 1.56. The summed E-state index contributed by atoms with van der Waals surface area (Å²) >= 11 is 0. The fourth-order valence-corrected chi connectivity index (χ4v) is 4.21. The molecule has 2 fully saturated rings. The van der Waals surface area contributed by atoms with Crippen LogP contribution in [0.1, 0.15) is 49.1 Å². The lowest BCUT2D eigenvalue weighted by Crippen LogP contribution is -2.51. The van der Waals surface area contributed by atoms with E-state index in [1.54, 1.807) is 0 Å². The molecule has 124 valence electrons. The molecule has 0 spiro atoms. The van der Waals surface area contributed by atoms with Gasteiger partial charge in [0.05, 0.1) is 18.9 Å². The standard InChI is InChI=1S/C17H29N3O2/c1-11(17-12(2)20-22-13(17)3)9-19-15-6-4-5-14(15)16-10-21-8-7-18-16/h11,14-16,18-19H,4-10H2,1-3H3. The first kappa shape index (κ1) is 16.0. The summed E-state index contributed by atoms with van der Waals surface area (Å²) < 4.78 is 10.9. The summed E-state index contributed by atoms with van der Waals surface area (Å²) in [6.45, 7) is 9.98. The molecular formula is C17H29N3O2. The Kier molecular flexibility index (Phi) is 5.16. The van der Waals surface area contributed by atoms with E-state index in [1.807, 2.05) is 13.8 Å². The average molecular weight is 307 g/mol. The third kappa shape index (κ3) is 3.36. The lowest BCUT2D eigenvalue weighted by atomic mass is 9.93. The van der Waals surface area contributed by atoms with Gasteiger partial charge in [-0.2, -0.15) is 0 Å². The van der Waals surface area contributed by atoms with Crippen molar-refractivity contribution >= 4 is 0 Å². The second-order valence-electron chi connectivity index (χ2n) is 6.88. The Morgan fingerprint density at radius 3 is 2.91 bits per heavy atom. The van der Waals surface area contributed by atoms with Crippen molar-refractivity contribution in [2.24, 2.45) is 5.92 Å². The maximum absolute atomic E-state index is 5.65. The molecular weight excluding hydrogens is 278 g/mol. The monoisotopic (exact) mass is 307 g/mol. The van der Waals surface area contributed by atoms with Gasteiger partial charge in [-0.05, 0) is 38.5 Å². The van der Waals surface area contributed by atoms with Gasteiger partial charge in [-0.3, -0.25) is 0 Å². The first-order valence-electron chi connectivity index (χ1n) is 8.64. The largest absolute Gasteiger partial charge is 0.379 e. The van der Waals surface area contributed by atoms with Gasteiger partial charge in [0, 0.05) is 30.7 Å². The van der Waals surface area contributed by atoms with E-state index in [4.69, 9.17) is 9.26 Å². The van der Waals surface area contributed by atoms with Crippen molar-refractivity contribution in [1.29, 1.82) is 0 Å². The highest BCUT2D eigenvalue weighted by molar-refractivity contribution is 5.25. The summed E-state index contributed by atoms with van der Waals surface area (Å²) in [4.78, 5) is 0. The van der Waals surface area contributed by atoms with Gasteiger partial charge in [-0.25, -0.2) is 0 Å². The van der Waals surface area contributed by atoms with Gasteiger partial charge in [-0.15, -0.1) is 0 Å². The quantitative estimate of drug-likeness (QED) is 0.873. The zero-order chi connectivity index (χ0) is 15.5. The molecule has 2 N–H and O–H groups in total. The predicted molar refractivity (Wildman–Crippen MR) is 86.1 cm³/mol. The first-order chi connectivity index (χ1) is 10.7. The molecule has 4 unspecified atom stereocenters. The lowest BCUT2D eigenvalue weighted by Gasteiger charge is -2.33. The Labute approximate surface area is 133 Å². The Hall–Kier alpha value is -0.910. The first-order valence-corrected chi connectivity index (χ1v) is 8.64. The molecule has 0 amide bonds. The molecule has 1 aromatic rings. The number of hydrogen-bond acceptors (Lipinski definition) is 5. The van der Waals surface area contributed by atoms with Crippen LogP contribution in [0.5, 0.6) is 0 Å². The van der Waals surface area contributed by atoms with Crippen LogP contribution in [0.15, 0.2) is 4.52 Å². The van der Waals surface area contributed by atoms with Gasteiger partial charge in [0.25, 0.3) is 0 Å². The van der Waals surface area contributed by atoms with E-state index in [0.29, 0.717) is 23.9 Å². The third-order valence-corrected chi connectivity index (χ3v) is 5.30. The van der Waals surface area contributed by atoms with Crippen molar-refractivity contribution in [3.8, 4) is 0 Å². The fourth-order valence-electron chi connectivity index (χ4n) is 4.21. The van der Waals surface area contributed by atoms with Gasteiger partial charge in [0.15, 0.2) is 0 Å². The summed E-state index contributed by atoms with van der Waals surface area (Å²) in [5.41, 5.74) is 2.29. The van der Waals surface area contributed by atoms with E-state index in [9.17, 15) is 0 Å². The number of nitrogens with one attached hydrogen (secondary N) is 2. The molecule has 1 aliphatic carbocycles. The van der Waals surface area contributed by atoms with Crippen molar-refractivity contribution in [3.05, 3.63) is 17.0 Å². The molecule has 22 heavy (non-hydrogen) atoms. The topological polar surface area (TPSA) is 59.3 Å². The number of nitrogens with zero attached hydrogens (tertiary/aromatic N) is 1. The number of aryl methyl sites for hydroxylation is 2. The van der Waals surface area contributed by atoms with Gasteiger partial charge in [0.1, 0.15) is 5.76 Å². The summed E-state index contributed by atoms with van der Waals surface area (Å²) in [6, 6.07) is 1.12. The second-order valence-corrected chi connectivity index (χ2v) is 6.88. The minimum atomic E-state index is 0.433. The summed E-state index contributed by atoms with van der Waals surface area (Å²) in [6.07, 6.45) is 3.90. The maximum Gasteiger partial charge on any atom is 0.137 e. The number of ether oxygens (including phenoxy) is 1. The van der Waals surface area contributed by atoms with Crippen LogP contribution in [-0.4, -0.2) is 43.5 Å². The molecule has 1 saturated heterocycles. The molecule has 4 atom stereocenters. The smallest absolute Gasteiger partial charge is 0.137 e. The second kappa shape index (κ2) is 7.11. The molecule has 5 heteroatoms. The van der Waals surface area contributed by atoms with Crippen LogP contribution in [0.3, 0.4) is 0 Å². The third-order valence-electron chi connectivity index (χ3n) is 5.30. The van der Waals surface area contributed by atoms with Crippen LogP contribution in [-0.2, 0) is 4.74 Å². The van der Waals surface area contributed by atoms with Crippen LogP contribution in [0.2, 0.25) is 0 Å². The fraction of sp³-hybridized carbons (Fsp3) is 0.824. The van der Waals surface area contributed by atoms with Gasteiger partial charge in [0.2, 0.25) is 0 Å². The highest BCUT2D eigenvalue weighted by Crippen LogP contribution is 2.30. The van der Waals surface area contributed by atoms with Gasteiger partial charge >= 0.3 is 0 Å². The summed E-state index contributed by atoms with van der Waals surface area (Å²) in [5.74, 6) is 2.08. The van der Waals surface area contributed by atoms with Crippen molar-refractivity contribution in [1.82, 2.24) is 15.8 Å². The molecule has 2 aliphatic rings. The van der Waals surface area contributed by atoms with Crippen LogP contribution in [0.25, 0.3) is 0 Å². The van der Waals surface area contributed by atoms with Crippen LogP contribution < -0.4 is 10.6 Å². The lowest BCUT2D eigenvalue weighted by molar-refractivity contribution is 0.0525. The zero-order valence-electron chi connectivity index (χ0n) is 14.0. The van der Waals surface area contributed by atoms with Crippen molar-refractivity contribution in [3.63, 3.8) is 0 Å². The van der Waals surface area contributed by atoms with E-state index < -0.39 is 0 Å². The number of aromatic nitrogens is 1. The zero-order valence-corrected chi connectivity index (χ0v) is 14.0. The van der Waals surface area contributed by atoms with Gasteiger partial charge < -0.3 is 19.9 Å². The minimum absolute atomic E-state index is 0.433. The van der Waals surface area contributed by atoms with Crippen LogP contribution in [0, 0.1) is 19.8 Å². The molecule has 0 radical (unpaired) electrons. The summed E-state index contributed by atoms with van der Waals surface area (Å²) in [7, 11) is 0. The Morgan fingerprint density at radius 2 is 2.23 bits per heavy atom. The number of morpholine rings is 1. The van der Waals surface area contributed by atoms with Crippen molar-refractivity contribution < 1.29 is 9.26 Å². The molecule has 1 saturated carbocycles. The predicted octanol–water partition coefficient (Wildman–Crippen LogP) is 2.14.